The van der Waals surface area contributed by atoms with Crippen LogP contribution in [0.2, 0.25) is 0 Å². The van der Waals surface area contributed by atoms with Crippen LogP contribution >= 0.6 is 0 Å². The molecule has 0 aliphatic carbocycles. The van der Waals surface area contributed by atoms with Gasteiger partial charge in [0.25, 0.3) is 0 Å². The molecule has 6 nitrogen and oxygen atoms in total. The van der Waals surface area contributed by atoms with Gasteiger partial charge in [-0.25, -0.2) is 13.8 Å². The lowest BCUT2D eigenvalue weighted by Crippen LogP contribution is -2.07. The first-order valence-corrected chi connectivity index (χ1v) is 10.3. The van der Waals surface area contributed by atoms with Crippen molar-refractivity contribution in [2.45, 2.75) is 19.1 Å². The zero-order chi connectivity index (χ0) is 22.6. The highest BCUT2D eigenvalue weighted by Gasteiger charge is 2.20. The van der Waals surface area contributed by atoms with Gasteiger partial charge in [-0.3, -0.25) is 9.98 Å². The van der Waals surface area contributed by atoms with E-state index in [9.17, 15) is 8.78 Å². The second-order valence-electron chi connectivity index (χ2n) is 7.42. The van der Waals surface area contributed by atoms with Crippen molar-refractivity contribution in [3.63, 3.8) is 0 Å². The van der Waals surface area contributed by atoms with E-state index >= 15 is 0 Å². The van der Waals surface area contributed by atoms with Gasteiger partial charge in [0.15, 0.2) is 17.5 Å². The standard InChI is InChI=1S/C25H18F2N4O2/c26-22-6-3-5-21(24(22)27)25-29-14-18(30-25)12-20-13-23(31-33-20)16-7-9-19(10-8-16)32-15-17-4-1-2-11-28-17/h1-11,13-14,18H,12,15H2. The minimum Gasteiger partial charge on any atom is -0.487 e. The minimum absolute atomic E-state index is 0.0392. The van der Waals surface area contributed by atoms with E-state index in [-0.39, 0.29) is 17.4 Å². The average molecular weight is 444 g/mol. The Morgan fingerprint density at radius 3 is 2.67 bits per heavy atom. The predicted molar refractivity (Wildman–Crippen MR) is 119 cm³/mol. The molecule has 3 heterocycles. The number of hydrogen-bond donors (Lipinski definition) is 0. The number of amidine groups is 1. The number of rotatable bonds is 7. The van der Waals surface area contributed by atoms with Gasteiger partial charge in [-0.2, -0.15) is 0 Å². The van der Waals surface area contributed by atoms with Crippen molar-refractivity contribution in [1.29, 1.82) is 0 Å². The second-order valence-corrected chi connectivity index (χ2v) is 7.42. The molecule has 1 unspecified atom stereocenters. The molecule has 0 saturated carbocycles. The maximum atomic E-state index is 14.0. The van der Waals surface area contributed by atoms with Crippen LogP contribution in [-0.2, 0) is 13.0 Å². The van der Waals surface area contributed by atoms with Crippen LogP contribution in [0.15, 0.2) is 87.4 Å². The van der Waals surface area contributed by atoms with Crippen molar-refractivity contribution >= 4 is 12.1 Å². The first kappa shape index (κ1) is 20.7. The summed E-state index contributed by atoms with van der Waals surface area (Å²) in [6.07, 6.45) is 3.73. The maximum absolute atomic E-state index is 14.0. The molecule has 0 N–H and O–H groups in total. The molecule has 0 spiro atoms. The van der Waals surface area contributed by atoms with E-state index in [1.54, 1.807) is 12.4 Å². The van der Waals surface area contributed by atoms with E-state index in [1.807, 2.05) is 48.5 Å². The van der Waals surface area contributed by atoms with Crippen LogP contribution in [0, 0.1) is 11.6 Å². The number of benzene rings is 2. The smallest absolute Gasteiger partial charge is 0.169 e. The quantitative estimate of drug-likeness (QED) is 0.401. The summed E-state index contributed by atoms with van der Waals surface area (Å²) >= 11 is 0. The van der Waals surface area contributed by atoms with Crippen LogP contribution in [0.25, 0.3) is 11.3 Å². The van der Waals surface area contributed by atoms with E-state index < -0.39 is 11.6 Å². The third-order valence-corrected chi connectivity index (χ3v) is 5.08. The van der Waals surface area contributed by atoms with Gasteiger partial charge >= 0.3 is 0 Å². The van der Waals surface area contributed by atoms with Gasteiger partial charge in [0.1, 0.15) is 23.8 Å². The topological polar surface area (TPSA) is 72.9 Å². The van der Waals surface area contributed by atoms with E-state index in [0.717, 1.165) is 23.1 Å². The average Bonchev–Trinajstić information content (AvgIpc) is 3.51. The zero-order valence-corrected chi connectivity index (χ0v) is 17.4. The molecular formula is C25H18F2N4O2. The third kappa shape index (κ3) is 4.69. The van der Waals surface area contributed by atoms with Crippen molar-refractivity contribution < 1.29 is 18.0 Å². The summed E-state index contributed by atoms with van der Waals surface area (Å²) in [4.78, 5) is 12.7. The lowest BCUT2D eigenvalue weighted by Gasteiger charge is -2.05. The lowest BCUT2D eigenvalue weighted by atomic mass is 10.1. The minimum atomic E-state index is -0.955. The van der Waals surface area contributed by atoms with E-state index in [2.05, 4.69) is 20.1 Å². The molecule has 1 aliphatic rings. The monoisotopic (exact) mass is 444 g/mol. The number of pyridine rings is 1. The summed E-state index contributed by atoms with van der Waals surface area (Å²) in [5.41, 5.74) is 2.44. The van der Waals surface area contributed by atoms with E-state index in [0.29, 0.717) is 24.5 Å². The molecule has 0 fully saturated rings. The fourth-order valence-corrected chi connectivity index (χ4v) is 3.41. The van der Waals surface area contributed by atoms with Gasteiger partial charge in [0, 0.05) is 30.5 Å². The third-order valence-electron chi connectivity index (χ3n) is 5.08. The molecule has 5 rings (SSSR count). The molecule has 2 aromatic heterocycles. The van der Waals surface area contributed by atoms with Crippen molar-refractivity contribution in [1.82, 2.24) is 10.1 Å². The largest absolute Gasteiger partial charge is 0.487 e. The van der Waals surface area contributed by atoms with Gasteiger partial charge in [-0.15, -0.1) is 0 Å². The molecule has 8 heteroatoms. The molecule has 0 radical (unpaired) electrons. The molecular weight excluding hydrogens is 426 g/mol. The number of ether oxygens (including phenoxy) is 1. The van der Waals surface area contributed by atoms with Crippen LogP contribution in [0.1, 0.15) is 17.0 Å². The van der Waals surface area contributed by atoms with Crippen LogP contribution in [0.3, 0.4) is 0 Å². The Morgan fingerprint density at radius 1 is 0.970 bits per heavy atom. The lowest BCUT2D eigenvalue weighted by molar-refractivity contribution is 0.301. The normalized spacial score (nSPS) is 15.0. The van der Waals surface area contributed by atoms with Crippen molar-refractivity contribution in [2.24, 2.45) is 9.98 Å². The van der Waals surface area contributed by atoms with Crippen LogP contribution in [0.4, 0.5) is 8.78 Å². The molecule has 0 bridgehead atoms. The first-order chi connectivity index (χ1) is 16.2. The van der Waals surface area contributed by atoms with Crippen LogP contribution < -0.4 is 4.74 Å². The molecule has 33 heavy (non-hydrogen) atoms. The Hall–Kier alpha value is -4.20. The van der Waals surface area contributed by atoms with Crippen LogP contribution in [-0.4, -0.2) is 28.2 Å². The number of halogens is 2. The number of aliphatic imine (C=N–C) groups is 2. The van der Waals surface area contributed by atoms with Gasteiger partial charge in [0.2, 0.25) is 0 Å². The summed E-state index contributed by atoms with van der Waals surface area (Å²) in [7, 11) is 0. The molecule has 1 aliphatic heterocycles. The highest BCUT2D eigenvalue weighted by Crippen LogP contribution is 2.24. The Labute approximate surface area is 188 Å². The molecule has 4 aromatic rings. The van der Waals surface area contributed by atoms with Gasteiger partial charge in [-0.05, 0) is 48.5 Å². The van der Waals surface area contributed by atoms with Gasteiger partial charge < -0.3 is 9.26 Å². The second kappa shape index (κ2) is 9.12. The Balaban J connectivity index is 1.22. The van der Waals surface area contributed by atoms with Gasteiger partial charge in [0.05, 0.1) is 17.3 Å². The van der Waals surface area contributed by atoms with Crippen LogP contribution in [0.5, 0.6) is 5.75 Å². The fourth-order valence-electron chi connectivity index (χ4n) is 3.41. The van der Waals surface area contributed by atoms with E-state index in [4.69, 9.17) is 9.26 Å². The summed E-state index contributed by atoms with van der Waals surface area (Å²) in [6.45, 7) is 0.388. The number of hydrogen-bond acceptors (Lipinski definition) is 6. The summed E-state index contributed by atoms with van der Waals surface area (Å²) < 4.78 is 38.7. The zero-order valence-electron chi connectivity index (χ0n) is 17.4. The summed E-state index contributed by atoms with van der Waals surface area (Å²) in [6, 6.07) is 18.6. The highest BCUT2D eigenvalue weighted by molar-refractivity contribution is 6.07. The van der Waals surface area contributed by atoms with Crippen molar-refractivity contribution in [3.05, 3.63) is 102 Å². The SMILES string of the molecule is Fc1cccc(C2=NC(Cc3cc(-c4ccc(OCc5ccccn5)cc4)no3)C=N2)c1F. The molecule has 0 amide bonds. The molecule has 1 atom stereocenters. The Morgan fingerprint density at radius 2 is 1.85 bits per heavy atom. The molecule has 2 aromatic carbocycles. The van der Waals surface area contributed by atoms with Gasteiger partial charge in [-0.1, -0.05) is 17.3 Å². The fraction of sp³-hybridized carbons (Fsp3) is 0.120. The summed E-state index contributed by atoms with van der Waals surface area (Å²) in [5, 5.41) is 4.13. The molecule has 164 valence electrons. The Kier molecular flexibility index (Phi) is 5.72. The predicted octanol–water partition coefficient (Wildman–Crippen LogP) is 5.04. The highest BCUT2D eigenvalue weighted by atomic mass is 19.2. The van der Waals surface area contributed by atoms with Crippen molar-refractivity contribution in [2.75, 3.05) is 0 Å². The first-order valence-electron chi connectivity index (χ1n) is 10.3. The van der Waals surface area contributed by atoms with Crippen molar-refractivity contribution in [3.8, 4) is 17.0 Å². The molecule has 0 saturated heterocycles. The van der Waals surface area contributed by atoms with E-state index in [1.165, 1.54) is 12.1 Å². The number of nitrogens with zero attached hydrogens (tertiary/aromatic N) is 4. The summed E-state index contributed by atoms with van der Waals surface area (Å²) in [5.74, 6) is -0.383. The Bertz CT molecular complexity index is 1320. The number of aromatic nitrogens is 2. The maximum Gasteiger partial charge on any atom is 0.169 e.